The Kier molecular flexibility index (Phi) is 7.58. The summed E-state index contributed by atoms with van der Waals surface area (Å²) in [5.41, 5.74) is 6.36. The van der Waals surface area contributed by atoms with Crippen LogP contribution >= 0.6 is 0 Å². The lowest BCUT2D eigenvalue weighted by Crippen LogP contribution is -2.60. The van der Waals surface area contributed by atoms with E-state index in [1.54, 1.807) is 48.5 Å². The van der Waals surface area contributed by atoms with Gasteiger partial charge < -0.3 is 24.8 Å². The molecule has 3 aromatic carbocycles. The van der Waals surface area contributed by atoms with Crippen LogP contribution in [0.1, 0.15) is 55.2 Å². The highest BCUT2D eigenvalue weighted by Gasteiger charge is 2.57. The van der Waals surface area contributed by atoms with Gasteiger partial charge in [-0.15, -0.1) is 0 Å². The molecule has 3 aliphatic rings. The van der Waals surface area contributed by atoms with Crippen LogP contribution in [-0.2, 0) is 31.1 Å². The molecule has 0 aliphatic carbocycles. The third-order valence-corrected chi connectivity index (χ3v) is 9.63. The number of phenols is 1. The predicted molar refractivity (Wildman–Crippen MR) is 155 cm³/mol. The van der Waals surface area contributed by atoms with Crippen LogP contribution in [0.3, 0.4) is 0 Å². The Morgan fingerprint density at radius 3 is 1.93 bits per heavy atom. The Hall–Kier alpha value is -3.68. The third-order valence-electron chi connectivity index (χ3n) is 9.63. The summed E-state index contributed by atoms with van der Waals surface area (Å²) in [5.74, 6) is -1.15. The predicted octanol–water partition coefficient (Wildman–Crippen LogP) is 4.60. The van der Waals surface area contributed by atoms with E-state index < -0.39 is 23.6 Å². The largest absolute Gasteiger partial charge is 0.508 e. The number of carbonyl (C=O) groups is 2. The molecule has 7 nitrogen and oxygen atoms in total. The van der Waals surface area contributed by atoms with Crippen molar-refractivity contribution in [2.24, 2.45) is 5.73 Å². The highest BCUT2D eigenvalue weighted by atomic mass is 16.6. The van der Waals surface area contributed by atoms with Crippen LogP contribution in [-0.4, -0.2) is 58.8 Å². The van der Waals surface area contributed by atoms with Gasteiger partial charge in [0.25, 0.3) is 5.60 Å². The van der Waals surface area contributed by atoms with Gasteiger partial charge in [0, 0.05) is 49.7 Å². The van der Waals surface area contributed by atoms with Gasteiger partial charge in [-0.3, -0.25) is 4.79 Å². The summed E-state index contributed by atoms with van der Waals surface area (Å²) in [4.78, 5) is 28.1. The molecule has 0 radical (unpaired) electrons. The van der Waals surface area contributed by atoms with E-state index in [4.69, 9.17) is 15.2 Å². The molecule has 3 N–H and O–H groups in total. The monoisotopic (exact) mass is 555 g/mol. The number of piperidine rings is 1. The second-order valence-corrected chi connectivity index (χ2v) is 12.0. The van der Waals surface area contributed by atoms with Crippen LogP contribution in [0.5, 0.6) is 5.75 Å². The van der Waals surface area contributed by atoms with Crippen molar-refractivity contribution in [1.82, 2.24) is 0 Å². The molecule has 1 spiro atoms. The lowest BCUT2D eigenvalue weighted by Gasteiger charge is -2.47. The number of nitrogens with zero attached hydrogens (tertiary/aromatic N) is 1. The average Bonchev–Trinajstić information content (AvgIpc) is 3.54. The Labute approximate surface area is 241 Å². The lowest BCUT2D eigenvalue weighted by molar-refractivity contribution is -0.956. The second kappa shape index (κ2) is 11.3. The van der Waals surface area contributed by atoms with Crippen molar-refractivity contribution in [3.63, 3.8) is 0 Å². The van der Waals surface area contributed by atoms with Gasteiger partial charge in [0.1, 0.15) is 17.9 Å². The number of esters is 2. The van der Waals surface area contributed by atoms with Crippen LogP contribution in [0.4, 0.5) is 0 Å². The fraction of sp³-hybridized carbons (Fsp3) is 0.412. The van der Waals surface area contributed by atoms with Crippen molar-refractivity contribution in [2.75, 3.05) is 13.1 Å². The Bertz CT molecular complexity index is 1300. The number of benzene rings is 3. The molecular weight excluding hydrogens is 516 g/mol. The van der Waals surface area contributed by atoms with Gasteiger partial charge in [0.05, 0.1) is 25.2 Å². The van der Waals surface area contributed by atoms with Crippen molar-refractivity contribution in [1.29, 1.82) is 0 Å². The van der Waals surface area contributed by atoms with E-state index in [0.717, 1.165) is 18.4 Å². The molecule has 2 bridgehead atoms. The van der Waals surface area contributed by atoms with Gasteiger partial charge in [-0.25, -0.2) is 4.79 Å². The molecule has 6 rings (SSSR count). The minimum absolute atomic E-state index is 0.133. The summed E-state index contributed by atoms with van der Waals surface area (Å²) in [6.45, 7) is 2.48. The zero-order valence-electron chi connectivity index (χ0n) is 23.4. The number of rotatable bonds is 8. The molecule has 214 valence electrons. The number of quaternary nitrogens is 1. The van der Waals surface area contributed by atoms with E-state index in [1.165, 1.54) is 43.3 Å². The van der Waals surface area contributed by atoms with Gasteiger partial charge in [-0.1, -0.05) is 72.8 Å². The normalized spacial score (nSPS) is 23.7. The number of nitrogens with two attached hydrogens (primary N) is 1. The van der Waals surface area contributed by atoms with Crippen molar-refractivity contribution >= 4 is 11.9 Å². The number of hydrogen-bond acceptors (Lipinski definition) is 6. The van der Waals surface area contributed by atoms with E-state index in [2.05, 4.69) is 0 Å². The quantitative estimate of drug-likeness (QED) is 0.312. The summed E-state index contributed by atoms with van der Waals surface area (Å²) in [6, 6.07) is 24.8. The van der Waals surface area contributed by atoms with E-state index in [-0.39, 0.29) is 18.3 Å². The van der Waals surface area contributed by atoms with Crippen LogP contribution in [0.2, 0.25) is 0 Å². The maximum Gasteiger partial charge on any atom is 0.360 e. The molecule has 3 saturated heterocycles. The highest BCUT2D eigenvalue weighted by molar-refractivity contribution is 5.90. The zero-order chi connectivity index (χ0) is 28.5. The van der Waals surface area contributed by atoms with Crippen molar-refractivity contribution in [2.45, 2.75) is 74.8 Å². The van der Waals surface area contributed by atoms with E-state index in [0.29, 0.717) is 23.2 Å². The summed E-state index contributed by atoms with van der Waals surface area (Å²) in [7, 11) is 0. The first kappa shape index (κ1) is 27.5. The zero-order valence-corrected chi connectivity index (χ0v) is 23.4. The first-order valence-electron chi connectivity index (χ1n) is 14.9. The summed E-state index contributed by atoms with van der Waals surface area (Å²) in [5, 5.41) is 9.62. The Balaban J connectivity index is 1.31. The lowest BCUT2D eigenvalue weighted by atomic mass is 9.85. The van der Waals surface area contributed by atoms with Gasteiger partial charge in [0.15, 0.2) is 0 Å². The Morgan fingerprint density at radius 2 is 1.39 bits per heavy atom. The molecule has 0 amide bonds. The molecule has 3 heterocycles. The number of carbonyl (C=O) groups excluding carboxylic acids is 2. The minimum atomic E-state index is -1.80. The minimum Gasteiger partial charge on any atom is -0.508 e. The molecule has 3 atom stereocenters. The first-order valence-corrected chi connectivity index (χ1v) is 14.9. The van der Waals surface area contributed by atoms with Crippen LogP contribution < -0.4 is 5.73 Å². The van der Waals surface area contributed by atoms with Gasteiger partial charge in [-0.05, 0) is 24.1 Å². The molecule has 41 heavy (non-hydrogen) atoms. The van der Waals surface area contributed by atoms with E-state index in [9.17, 15) is 14.7 Å². The molecule has 0 aromatic heterocycles. The maximum atomic E-state index is 14.5. The average molecular weight is 556 g/mol. The third kappa shape index (κ3) is 5.13. The molecule has 7 heteroatoms. The molecule has 3 aromatic rings. The van der Waals surface area contributed by atoms with Gasteiger partial charge in [0.2, 0.25) is 0 Å². The smallest absolute Gasteiger partial charge is 0.360 e. The van der Waals surface area contributed by atoms with Crippen LogP contribution in [0, 0.1) is 0 Å². The Morgan fingerprint density at radius 1 is 0.854 bits per heavy atom. The van der Waals surface area contributed by atoms with Crippen molar-refractivity contribution in [3.8, 4) is 5.75 Å². The summed E-state index contributed by atoms with van der Waals surface area (Å²) < 4.78 is 13.8. The maximum absolute atomic E-state index is 14.5. The van der Waals surface area contributed by atoms with Crippen molar-refractivity contribution < 1.29 is 28.7 Å². The summed E-state index contributed by atoms with van der Waals surface area (Å²) in [6.07, 6.45) is 6.59. The van der Waals surface area contributed by atoms with Crippen LogP contribution in [0.25, 0.3) is 0 Å². The standard InChI is InChI=1S/C34H38N2O5/c35-31(21-24-13-17-29(37)18-14-24)32(38)41-34(25-9-3-1-4-10-25,26-11-5-2-6-12-26)33(39)40-30-22-27-15-16-28(23-30)36(27)19-7-8-20-36/h1-6,9-14,17-18,27-28,30-31H,7-8,15-16,19-23,35H2/p+1/t27?,28?,30?,31-/m0/s1. The number of phenolic OH excluding ortho intramolecular Hbond substituents is 1. The number of hydrogen-bond donors (Lipinski definition) is 2. The molecule has 2 unspecified atom stereocenters. The molecule has 0 saturated carbocycles. The second-order valence-electron chi connectivity index (χ2n) is 12.0. The van der Waals surface area contributed by atoms with Gasteiger partial charge in [-0.2, -0.15) is 0 Å². The van der Waals surface area contributed by atoms with E-state index in [1.807, 2.05) is 36.4 Å². The first-order chi connectivity index (χ1) is 19.9. The SMILES string of the molecule is N[C@@H](Cc1ccc(O)cc1)C(=O)OC(C(=O)OC1CC2CCC(C1)[N+]21CCCC1)(c1ccccc1)c1ccccc1. The van der Waals surface area contributed by atoms with Gasteiger partial charge >= 0.3 is 11.9 Å². The summed E-state index contributed by atoms with van der Waals surface area (Å²) >= 11 is 0. The number of ether oxygens (including phenoxy) is 2. The molecular formula is C34H39N2O5+. The molecule has 3 aliphatic heterocycles. The van der Waals surface area contributed by atoms with Crippen molar-refractivity contribution in [3.05, 3.63) is 102 Å². The van der Waals surface area contributed by atoms with E-state index >= 15 is 0 Å². The fourth-order valence-corrected chi connectivity index (χ4v) is 7.64. The molecule has 3 fully saturated rings. The van der Waals surface area contributed by atoms with Crippen LogP contribution in [0.15, 0.2) is 84.9 Å². The fourth-order valence-electron chi connectivity index (χ4n) is 7.64. The topological polar surface area (TPSA) is 98.9 Å². The number of aromatic hydroxyl groups is 1. The highest BCUT2D eigenvalue weighted by Crippen LogP contribution is 2.47.